The van der Waals surface area contributed by atoms with Gasteiger partial charge in [-0.1, -0.05) is 12.1 Å². The van der Waals surface area contributed by atoms with Crippen LogP contribution in [0, 0.1) is 10.1 Å². The minimum absolute atomic E-state index is 0.0114. The van der Waals surface area contributed by atoms with Gasteiger partial charge in [0, 0.05) is 30.7 Å². The number of non-ortho nitro benzene ring substituents is 1. The number of hydrogen-bond donors (Lipinski definition) is 3. The fourth-order valence-corrected chi connectivity index (χ4v) is 2.54. The minimum Gasteiger partial charge on any atom is -0.395 e. The van der Waals surface area contributed by atoms with Crippen LogP contribution in [-0.2, 0) is 6.42 Å². The SMILES string of the molecule is O=C(Cc1cccc2[nH]c(NCCO)nc12)c1ccc([N+](=O)[O-])cc1. The molecule has 0 aliphatic heterocycles. The van der Waals surface area contributed by atoms with Gasteiger partial charge in [0.2, 0.25) is 5.95 Å². The first-order valence-electron chi connectivity index (χ1n) is 7.68. The molecular weight excluding hydrogens is 324 g/mol. The highest BCUT2D eigenvalue weighted by Crippen LogP contribution is 2.21. The van der Waals surface area contributed by atoms with E-state index in [1.54, 1.807) is 0 Å². The van der Waals surface area contributed by atoms with Crippen molar-refractivity contribution in [2.24, 2.45) is 0 Å². The lowest BCUT2D eigenvalue weighted by Gasteiger charge is -2.02. The number of fused-ring (bicyclic) bond motifs is 1. The van der Waals surface area contributed by atoms with Crippen LogP contribution in [-0.4, -0.2) is 38.9 Å². The Morgan fingerprint density at radius 3 is 2.68 bits per heavy atom. The van der Waals surface area contributed by atoms with E-state index in [0.717, 1.165) is 11.1 Å². The number of aromatic nitrogens is 2. The quantitative estimate of drug-likeness (QED) is 0.345. The number of rotatable bonds is 7. The summed E-state index contributed by atoms with van der Waals surface area (Å²) >= 11 is 0. The van der Waals surface area contributed by atoms with E-state index in [1.165, 1.54) is 24.3 Å². The number of nitro groups is 1. The van der Waals surface area contributed by atoms with E-state index in [2.05, 4.69) is 15.3 Å². The molecule has 0 saturated heterocycles. The van der Waals surface area contributed by atoms with Gasteiger partial charge in [0.25, 0.3) is 5.69 Å². The van der Waals surface area contributed by atoms with Crippen molar-refractivity contribution in [1.82, 2.24) is 9.97 Å². The number of aromatic amines is 1. The fourth-order valence-electron chi connectivity index (χ4n) is 2.54. The monoisotopic (exact) mass is 340 g/mol. The smallest absolute Gasteiger partial charge is 0.269 e. The third-order valence-corrected chi connectivity index (χ3v) is 3.75. The predicted molar refractivity (Wildman–Crippen MR) is 92.8 cm³/mol. The van der Waals surface area contributed by atoms with E-state index in [9.17, 15) is 14.9 Å². The third kappa shape index (κ3) is 3.64. The second kappa shape index (κ2) is 7.10. The normalized spacial score (nSPS) is 10.8. The van der Waals surface area contributed by atoms with Crippen molar-refractivity contribution in [3.05, 3.63) is 63.7 Å². The first-order chi connectivity index (χ1) is 12.1. The van der Waals surface area contributed by atoms with Crippen molar-refractivity contribution in [2.45, 2.75) is 6.42 Å². The van der Waals surface area contributed by atoms with Gasteiger partial charge in [0.05, 0.1) is 22.6 Å². The van der Waals surface area contributed by atoms with E-state index >= 15 is 0 Å². The molecule has 0 bridgehead atoms. The Labute approximate surface area is 142 Å². The number of ketones is 1. The van der Waals surface area contributed by atoms with Crippen molar-refractivity contribution >= 4 is 28.5 Å². The fraction of sp³-hybridized carbons (Fsp3) is 0.176. The Morgan fingerprint density at radius 1 is 1.24 bits per heavy atom. The summed E-state index contributed by atoms with van der Waals surface area (Å²) in [6.45, 7) is 0.361. The summed E-state index contributed by atoms with van der Waals surface area (Å²) in [7, 11) is 0. The predicted octanol–water partition coefficient (Wildman–Crippen LogP) is 2.30. The Balaban J connectivity index is 1.82. The second-order valence-electron chi connectivity index (χ2n) is 5.45. The average molecular weight is 340 g/mol. The number of carbonyl (C=O) groups excluding carboxylic acids is 1. The van der Waals surface area contributed by atoms with Gasteiger partial charge in [-0.25, -0.2) is 4.98 Å². The molecule has 0 fully saturated rings. The average Bonchev–Trinajstić information content (AvgIpc) is 3.04. The lowest BCUT2D eigenvalue weighted by molar-refractivity contribution is -0.384. The molecule has 3 N–H and O–H groups in total. The number of benzene rings is 2. The van der Waals surface area contributed by atoms with Crippen LogP contribution < -0.4 is 5.32 Å². The van der Waals surface area contributed by atoms with Gasteiger partial charge < -0.3 is 15.4 Å². The van der Waals surface area contributed by atoms with Crippen LogP contribution in [0.2, 0.25) is 0 Å². The maximum absolute atomic E-state index is 12.5. The zero-order valence-electron chi connectivity index (χ0n) is 13.2. The van der Waals surface area contributed by atoms with Gasteiger partial charge >= 0.3 is 0 Å². The first-order valence-corrected chi connectivity index (χ1v) is 7.68. The van der Waals surface area contributed by atoms with Crippen LogP contribution in [0.5, 0.6) is 0 Å². The van der Waals surface area contributed by atoms with Gasteiger partial charge in [-0.3, -0.25) is 14.9 Å². The highest BCUT2D eigenvalue weighted by Gasteiger charge is 2.14. The van der Waals surface area contributed by atoms with E-state index in [0.29, 0.717) is 23.6 Å². The number of Topliss-reactive ketones (excluding diaryl/α,β-unsaturated/α-hetero) is 1. The van der Waals surface area contributed by atoms with Crippen LogP contribution in [0.1, 0.15) is 15.9 Å². The summed E-state index contributed by atoms with van der Waals surface area (Å²) in [4.78, 5) is 30.1. The molecule has 1 aromatic heterocycles. The number of para-hydroxylation sites is 1. The van der Waals surface area contributed by atoms with Crippen molar-refractivity contribution < 1.29 is 14.8 Å². The molecule has 8 heteroatoms. The van der Waals surface area contributed by atoms with Crippen LogP contribution in [0.15, 0.2) is 42.5 Å². The summed E-state index contributed by atoms with van der Waals surface area (Å²) in [5.41, 5.74) is 2.59. The molecule has 25 heavy (non-hydrogen) atoms. The molecule has 0 saturated carbocycles. The Morgan fingerprint density at radius 2 is 2.00 bits per heavy atom. The summed E-state index contributed by atoms with van der Waals surface area (Å²) in [5, 5.41) is 22.5. The molecule has 0 radical (unpaired) electrons. The van der Waals surface area contributed by atoms with E-state index in [1.807, 2.05) is 18.2 Å². The molecule has 3 rings (SSSR count). The van der Waals surface area contributed by atoms with Crippen molar-refractivity contribution in [3.63, 3.8) is 0 Å². The molecule has 0 amide bonds. The number of aliphatic hydroxyl groups is 1. The topological polar surface area (TPSA) is 121 Å². The number of carbonyl (C=O) groups is 1. The number of hydrogen-bond acceptors (Lipinski definition) is 6. The highest BCUT2D eigenvalue weighted by molar-refractivity contribution is 5.99. The molecule has 0 atom stereocenters. The molecule has 128 valence electrons. The van der Waals surface area contributed by atoms with E-state index < -0.39 is 4.92 Å². The molecule has 2 aromatic carbocycles. The first kappa shape index (κ1) is 16.6. The molecule has 0 aliphatic rings. The zero-order chi connectivity index (χ0) is 17.8. The van der Waals surface area contributed by atoms with Gasteiger partial charge in [0.1, 0.15) is 0 Å². The number of H-pyrrole nitrogens is 1. The van der Waals surface area contributed by atoms with Gasteiger partial charge in [-0.05, 0) is 23.8 Å². The second-order valence-corrected chi connectivity index (χ2v) is 5.45. The zero-order valence-corrected chi connectivity index (χ0v) is 13.2. The molecule has 1 heterocycles. The maximum atomic E-state index is 12.5. The summed E-state index contributed by atoms with van der Waals surface area (Å²) < 4.78 is 0. The van der Waals surface area contributed by atoms with E-state index in [-0.39, 0.29) is 24.5 Å². The largest absolute Gasteiger partial charge is 0.395 e. The maximum Gasteiger partial charge on any atom is 0.269 e. The van der Waals surface area contributed by atoms with Crippen molar-refractivity contribution in [1.29, 1.82) is 0 Å². The molecule has 0 aliphatic carbocycles. The lowest BCUT2D eigenvalue weighted by Crippen LogP contribution is -2.06. The van der Waals surface area contributed by atoms with Crippen molar-refractivity contribution in [3.8, 4) is 0 Å². The number of imidazole rings is 1. The van der Waals surface area contributed by atoms with Gasteiger partial charge in [-0.15, -0.1) is 0 Å². The summed E-state index contributed by atoms with van der Waals surface area (Å²) in [6, 6.07) is 11.1. The minimum atomic E-state index is -0.500. The van der Waals surface area contributed by atoms with Crippen LogP contribution >= 0.6 is 0 Å². The molecule has 3 aromatic rings. The summed E-state index contributed by atoms with van der Waals surface area (Å²) in [5.74, 6) is 0.384. The standard InChI is InChI=1S/C17H16N4O4/c22-9-8-18-17-19-14-3-1-2-12(16(14)20-17)10-15(23)11-4-6-13(7-5-11)21(24)25/h1-7,22H,8-10H2,(H2,18,19,20). The number of nitrogens with zero attached hydrogens (tertiary/aromatic N) is 2. The molecule has 0 unspecified atom stereocenters. The number of nitro benzene ring substituents is 1. The van der Waals surface area contributed by atoms with Crippen LogP contribution in [0.3, 0.4) is 0 Å². The summed E-state index contributed by atoms with van der Waals surface area (Å²) in [6.07, 6.45) is 0.138. The lowest BCUT2D eigenvalue weighted by atomic mass is 10.0. The Bertz CT molecular complexity index is 918. The van der Waals surface area contributed by atoms with Gasteiger partial charge in [0.15, 0.2) is 5.78 Å². The number of anilines is 1. The molecule has 0 spiro atoms. The Hall–Kier alpha value is -3.26. The molecule has 8 nitrogen and oxygen atoms in total. The van der Waals surface area contributed by atoms with Crippen LogP contribution in [0.4, 0.5) is 11.6 Å². The van der Waals surface area contributed by atoms with E-state index in [4.69, 9.17) is 5.11 Å². The van der Waals surface area contributed by atoms with Gasteiger partial charge in [-0.2, -0.15) is 0 Å². The number of nitrogens with one attached hydrogen (secondary N) is 2. The Kier molecular flexibility index (Phi) is 4.71. The van der Waals surface area contributed by atoms with Crippen LogP contribution in [0.25, 0.3) is 11.0 Å². The van der Waals surface area contributed by atoms with Crippen molar-refractivity contribution in [2.75, 3.05) is 18.5 Å². The highest BCUT2D eigenvalue weighted by atomic mass is 16.6. The molecular formula is C17H16N4O4. The third-order valence-electron chi connectivity index (χ3n) is 3.75. The number of aliphatic hydroxyl groups excluding tert-OH is 1.